The molecule has 4 nitrogen and oxygen atoms in total. The fourth-order valence-corrected chi connectivity index (χ4v) is 1.51. The van der Waals surface area contributed by atoms with Gasteiger partial charge in [-0.3, -0.25) is 9.59 Å². The van der Waals surface area contributed by atoms with Gasteiger partial charge in [0.25, 0.3) is 0 Å². The first-order valence-electron chi connectivity index (χ1n) is 4.70. The molecular weight excluding hydrogens is 200 g/mol. The van der Waals surface area contributed by atoms with Crippen LogP contribution in [0.3, 0.4) is 0 Å². The Balaban J connectivity index is 2.25. The van der Waals surface area contributed by atoms with Crippen LogP contribution in [-0.2, 0) is 9.59 Å². The van der Waals surface area contributed by atoms with E-state index in [1.165, 1.54) is 0 Å². The molecule has 0 radical (unpaired) electrons. The zero-order chi connectivity index (χ0) is 10.6. The first kappa shape index (κ1) is 11.4. The highest BCUT2D eigenvalue weighted by Crippen LogP contribution is 2.09. The maximum Gasteiger partial charge on any atom is 0.225 e. The summed E-state index contributed by atoms with van der Waals surface area (Å²) < 4.78 is 0. The number of rotatable bonds is 4. The lowest BCUT2D eigenvalue weighted by molar-refractivity contribution is -0.126. The average Bonchev–Trinajstić information content (AvgIpc) is 2.60. The van der Waals surface area contributed by atoms with Crippen LogP contribution in [0.1, 0.15) is 13.3 Å². The quantitative estimate of drug-likeness (QED) is 0.695. The summed E-state index contributed by atoms with van der Waals surface area (Å²) in [5.74, 6) is -0.205. The van der Waals surface area contributed by atoms with E-state index in [1.807, 2.05) is 6.26 Å². The number of hydrogen-bond acceptors (Lipinski definition) is 3. The van der Waals surface area contributed by atoms with Crippen LogP contribution in [0.5, 0.6) is 0 Å². The molecule has 1 fully saturated rings. The molecule has 2 unspecified atom stereocenters. The van der Waals surface area contributed by atoms with Gasteiger partial charge in [0.1, 0.15) is 0 Å². The minimum atomic E-state index is -0.170. The second-order valence-corrected chi connectivity index (χ2v) is 4.77. The van der Waals surface area contributed by atoms with Crippen molar-refractivity contribution in [2.24, 2.45) is 5.92 Å². The lowest BCUT2D eigenvalue weighted by Gasteiger charge is -2.12. The van der Waals surface area contributed by atoms with Gasteiger partial charge in [-0.1, -0.05) is 6.92 Å². The van der Waals surface area contributed by atoms with Crippen LogP contribution in [0, 0.1) is 5.92 Å². The summed E-state index contributed by atoms with van der Waals surface area (Å²) in [5, 5.41) is 5.91. The van der Waals surface area contributed by atoms with Crippen molar-refractivity contribution in [3.05, 3.63) is 0 Å². The van der Waals surface area contributed by atoms with E-state index in [0.29, 0.717) is 24.8 Å². The molecule has 0 aromatic rings. The Hall–Kier alpha value is -0.710. The lowest BCUT2D eigenvalue weighted by Crippen LogP contribution is -2.35. The highest BCUT2D eigenvalue weighted by atomic mass is 32.2. The minimum absolute atomic E-state index is 0.00995. The molecule has 5 heteroatoms. The largest absolute Gasteiger partial charge is 0.355 e. The van der Waals surface area contributed by atoms with Crippen LogP contribution in [0.15, 0.2) is 0 Å². The van der Waals surface area contributed by atoms with E-state index in [0.717, 1.165) is 0 Å². The summed E-state index contributed by atoms with van der Waals surface area (Å²) in [4.78, 5) is 22.4. The Labute approximate surface area is 88.2 Å². The van der Waals surface area contributed by atoms with Crippen LogP contribution >= 0.6 is 11.8 Å². The van der Waals surface area contributed by atoms with Crippen molar-refractivity contribution in [2.75, 3.05) is 19.3 Å². The van der Waals surface area contributed by atoms with E-state index < -0.39 is 0 Å². The fraction of sp³-hybridized carbons (Fsp3) is 0.778. The van der Waals surface area contributed by atoms with Crippen molar-refractivity contribution in [1.82, 2.24) is 10.6 Å². The third-order valence-corrected chi connectivity index (χ3v) is 3.29. The zero-order valence-corrected chi connectivity index (χ0v) is 9.32. The summed E-state index contributed by atoms with van der Waals surface area (Å²) in [6.07, 6.45) is 2.34. The molecule has 0 aromatic carbocycles. The van der Waals surface area contributed by atoms with E-state index in [1.54, 1.807) is 11.8 Å². The van der Waals surface area contributed by atoms with Gasteiger partial charge in [0, 0.05) is 24.8 Å². The van der Waals surface area contributed by atoms with Crippen molar-refractivity contribution in [3.63, 3.8) is 0 Å². The molecule has 14 heavy (non-hydrogen) atoms. The molecular formula is C9H16N2O2S. The molecule has 1 rings (SSSR count). The molecule has 2 amide bonds. The van der Waals surface area contributed by atoms with Crippen LogP contribution in [0.4, 0.5) is 0 Å². The number of amides is 2. The third-order valence-electron chi connectivity index (χ3n) is 2.31. The Bertz CT molecular complexity index is 233. The maximum absolute atomic E-state index is 11.5. The number of carbonyl (C=O) groups excluding carboxylic acids is 2. The van der Waals surface area contributed by atoms with E-state index >= 15 is 0 Å². The van der Waals surface area contributed by atoms with Gasteiger partial charge in [-0.05, 0) is 6.26 Å². The van der Waals surface area contributed by atoms with Crippen LogP contribution in [0.25, 0.3) is 0 Å². The Morgan fingerprint density at radius 2 is 2.50 bits per heavy atom. The normalized spacial score (nSPS) is 23.0. The van der Waals surface area contributed by atoms with Crippen molar-refractivity contribution in [1.29, 1.82) is 0 Å². The smallest absolute Gasteiger partial charge is 0.225 e. The van der Waals surface area contributed by atoms with Gasteiger partial charge in [0.05, 0.1) is 5.92 Å². The topological polar surface area (TPSA) is 58.2 Å². The van der Waals surface area contributed by atoms with Gasteiger partial charge >= 0.3 is 0 Å². The monoisotopic (exact) mass is 216 g/mol. The second kappa shape index (κ2) is 5.24. The van der Waals surface area contributed by atoms with Gasteiger partial charge in [0.2, 0.25) is 11.8 Å². The molecule has 1 heterocycles. The van der Waals surface area contributed by atoms with Crippen molar-refractivity contribution in [3.8, 4) is 0 Å². The molecule has 0 spiro atoms. The van der Waals surface area contributed by atoms with E-state index in [2.05, 4.69) is 17.6 Å². The predicted octanol–water partition coefficient (Wildman–Crippen LogP) is -0.00980. The molecule has 1 saturated heterocycles. The average molecular weight is 216 g/mol. The highest BCUT2D eigenvalue weighted by Gasteiger charge is 2.27. The number of hydrogen-bond donors (Lipinski definition) is 2. The van der Waals surface area contributed by atoms with Gasteiger partial charge in [-0.25, -0.2) is 0 Å². The maximum atomic E-state index is 11.5. The standard InChI is InChI=1S/C9H16N2O2S/c1-6(14-2)4-11-9(13)7-3-8(12)10-5-7/h6-7H,3-5H2,1-2H3,(H,10,12)(H,11,13). The second-order valence-electron chi connectivity index (χ2n) is 3.50. The van der Waals surface area contributed by atoms with E-state index in [9.17, 15) is 9.59 Å². The summed E-state index contributed by atoms with van der Waals surface area (Å²) in [7, 11) is 0. The third kappa shape index (κ3) is 3.21. The SMILES string of the molecule is CSC(C)CNC(=O)C1CNC(=O)C1. The van der Waals surface area contributed by atoms with Gasteiger partial charge in [-0.15, -0.1) is 0 Å². The number of thioether (sulfide) groups is 1. The van der Waals surface area contributed by atoms with Crippen LogP contribution < -0.4 is 10.6 Å². The van der Waals surface area contributed by atoms with Crippen molar-refractivity contribution >= 4 is 23.6 Å². The molecule has 0 saturated carbocycles. The predicted molar refractivity (Wildman–Crippen MR) is 57.1 cm³/mol. The molecule has 80 valence electrons. The van der Waals surface area contributed by atoms with Crippen LogP contribution in [-0.4, -0.2) is 36.4 Å². The zero-order valence-electron chi connectivity index (χ0n) is 8.50. The molecule has 2 atom stereocenters. The summed E-state index contributed by atoms with van der Waals surface area (Å²) in [6, 6.07) is 0. The van der Waals surface area contributed by atoms with E-state index in [4.69, 9.17) is 0 Å². The number of nitrogens with one attached hydrogen (secondary N) is 2. The molecule has 0 bridgehead atoms. The summed E-state index contributed by atoms with van der Waals surface area (Å²) >= 11 is 1.71. The van der Waals surface area contributed by atoms with Crippen molar-refractivity contribution in [2.45, 2.75) is 18.6 Å². The molecule has 0 aromatic heterocycles. The highest BCUT2D eigenvalue weighted by molar-refractivity contribution is 7.99. The Kier molecular flexibility index (Phi) is 4.25. The van der Waals surface area contributed by atoms with Gasteiger partial charge < -0.3 is 10.6 Å². The van der Waals surface area contributed by atoms with Gasteiger partial charge in [-0.2, -0.15) is 11.8 Å². The fourth-order valence-electron chi connectivity index (χ4n) is 1.26. The first-order chi connectivity index (χ1) is 6.63. The van der Waals surface area contributed by atoms with Gasteiger partial charge in [0.15, 0.2) is 0 Å². The molecule has 1 aliphatic rings. The number of carbonyl (C=O) groups is 2. The van der Waals surface area contributed by atoms with E-state index in [-0.39, 0.29) is 17.7 Å². The molecule has 2 N–H and O–H groups in total. The Morgan fingerprint density at radius 1 is 1.79 bits per heavy atom. The first-order valence-corrected chi connectivity index (χ1v) is 5.99. The van der Waals surface area contributed by atoms with Crippen LogP contribution in [0.2, 0.25) is 0 Å². The molecule has 0 aliphatic carbocycles. The van der Waals surface area contributed by atoms with Crippen molar-refractivity contribution < 1.29 is 9.59 Å². The minimum Gasteiger partial charge on any atom is -0.355 e. The summed E-state index contributed by atoms with van der Waals surface area (Å²) in [5.41, 5.74) is 0. The summed E-state index contributed by atoms with van der Waals surface area (Å²) in [6.45, 7) is 3.21. The lowest BCUT2D eigenvalue weighted by atomic mass is 10.1. The molecule has 1 aliphatic heterocycles. The Morgan fingerprint density at radius 3 is 3.00 bits per heavy atom.